The summed E-state index contributed by atoms with van der Waals surface area (Å²) in [5.41, 5.74) is 7.59. The molecule has 0 unspecified atom stereocenters. The van der Waals surface area contributed by atoms with Gasteiger partial charge in [0.2, 0.25) is 17.7 Å². The molecule has 0 bridgehead atoms. The Morgan fingerprint density at radius 2 is 1.49 bits per heavy atom. The van der Waals surface area contributed by atoms with Gasteiger partial charge < -0.3 is 21.1 Å². The molecule has 0 aliphatic rings. The monoisotopic (exact) mass is 477 g/mol. The van der Waals surface area contributed by atoms with Gasteiger partial charge in [-0.2, -0.15) is 0 Å². The van der Waals surface area contributed by atoms with Gasteiger partial charge in [0.25, 0.3) is 0 Å². The van der Waals surface area contributed by atoms with E-state index in [1.54, 1.807) is 30.3 Å². The number of nitrogens with two attached hydrogens (primary N) is 1. The maximum atomic E-state index is 14.1. The van der Waals surface area contributed by atoms with Crippen LogP contribution < -0.4 is 21.1 Å². The number of benzene rings is 3. The van der Waals surface area contributed by atoms with Gasteiger partial charge in [-0.3, -0.25) is 14.4 Å². The topological polar surface area (TPSA) is 111 Å². The van der Waals surface area contributed by atoms with E-state index in [1.807, 2.05) is 30.3 Å². The highest BCUT2D eigenvalue weighted by atomic mass is 19.1. The molecule has 3 amide bonds. The van der Waals surface area contributed by atoms with Gasteiger partial charge in [0.05, 0.1) is 0 Å². The summed E-state index contributed by atoms with van der Waals surface area (Å²) >= 11 is 0. The molecule has 3 rings (SSSR count). The Labute approximate surface area is 203 Å². The molecule has 0 radical (unpaired) electrons. The minimum atomic E-state index is -1.07. The molecule has 3 aromatic rings. The summed E-state index contributed by atoms with van der Waals surface area (Å²) in [6.45, 7) is 1.68. The number of hydrogen-bond acceptors (Lipinski definition) is 4. The summed E-state index contributed by atoms with van der Waals surface area (Å²) in [6.07, 6.45) is 0.0730. The first kappa shape index (κ1) is 25.4. The Morgan fingerprint density at radius 3 is 2.11 bits per heavy atom. The third-order valence-corrected chi connectivity index (χ3v) is 5.35. The SMILES string of the molecule is CC(=O)N[C@@H](Cc1ccccc1F)C(=O)N[C@@H](Cc1ccc(OCc2ccccc2)cc1)C(N)=O. The number of hydrogen-bond donors (Lipinski definition) is 3. The molecule has 182 valence electrons. The van der Waals surface area contributed by atoms with E-state index >= 15 is 0 Å². The second-order valence-corrected chi connectivity index (χ2v) is 8.13. The van der Waals surface area contributed by atoms with E-state index in [0.717, 1.165) is 11.1 Å². The summed E-state index contributed by atoms with van der Waals surface area (Å²) in [5, 5.41) is 5.10. The van der Waals surface area contributed by atoms with Crippen molar-refractivity contribution in [2.45, 2.75) is 38.5 Å². The quantitative estimate of drug-likeness (QED) is 0.394. The molecule has 0 fully saturated rings. The third-order valence-electron chi connectivity index (χ3n) is 5.35. The number of nitrogens with one attached hydrogen (secondary N) is 2. The van der Waals surface area contributed by atoms with Crippen molar-refractivity contribution in [3.8, 4) is 5.75 Å². The van der Waals surface area contributed by atoms with Gasteiger partial charge in [-0.15, -0.1) is 0 Å². The molecule has 4 N–H and O–H groups in total. The number of amides is 3. The van der Waals surface area contributed by atoms with Gasteiger partial charge in [0.1, 0.15) is 30.3 Å². The highest BCUT2D eigenvalue weighted by Gasteiger charge is 2.26. The number of primary amides is 1. The van der Waals surface area contributed by atoms with Crippen LogP contribution in [0.5, 0.6) is 5.75 Å². The number of carbonyl (C=O) groups excluding carboxylic acids is 3. The van der Waals surface area contributed by atoms with Crippen molar-refractivity contribution in [2.75, 3.05) is 0 Å². The van der Waals surface area contributed by atoms with Crippen LogP contribution in [0.25, 0.3) is 0 Å². The Kier molecular flexibility index (Phi) is 8.95. The fraction of sp³-hybridized carbons (Fsp3) is 0.222. The van der Waals surface area contributed by atoms with Crippen molar-refractivity contribution in [1.29, 1.82) is 0 Å². The van der Waals surface area contributed by atoms with Crippen molar-refractivity contribution in [3.63, 3.8) is 0 Å². The molecule has 0 saturated heterocycles. The summed E-state index contributed by atoms with van der Waals surface area (Å²) < 4.78 is 19.9. The first-order valence-electron chi connectivity index (χ1n) is 11.2. The zero-order chi connectivity index (χ0) is 25.2. The Bertz CT molecular complexity index is 1150. The van der Waals surface area contributed by atoms with Gasteiger partial charge in [0.15, 0.2) is 0 Å². The highest BCUT2D eigenvalue weighted by Crippen LogP contribution is 2.16. The normalized spacial score (nSPS) is 12.3. The van der Waals surface area contributed by atoms with Gasteiger partial charge in [-0.05, 0) is 34.9 Å². The molecule has 0 heterocycles. The van der Waals surface area contributed by atoms with Crippen LogP contribution >= 0.6 is 0 Å². The zero-order valence-corrected chi connectivity index (χ0v) is 19.4. The van der Waals surface area contributed by atoms with Crippen molar-refractivity contribution in [1.82, 2.24) is 10.6 Å². The van der Waals surface area contributed by atoms with Crippen LogP contribution in [0.4, 0.5) is 4.39 Å². The number of halogens is 1. The maximum absolute atomic E-state index is 14.1. The molecular formula is C27H28FN3O4. The van der Waals surface area contributed by atoms with Gasteiger partial charge in [-0.1, -0.05) is 60.7 Å². The average molecular weight is 478 g/mol. The molecule has 0 aromatic heterocycles. The van der Waals surface area contributed by atoms with Crippen LogP contribution in [-0.4, -0.2) is 29.8 Å². The van der Waals surface area contributed by atoms with E-state index < -0.39 is 35.6 Å². The minimum Gasteiger partial charge on any atom is -0.489 e. The summed E-state index contributed by atoms with van der Waals surface area (Å²) in [5.74, 6) is -1.64. The predicted molar refractivity (Wildman–Crippen MR) is 130 cm³/mol. The minimum absolute atomic E-state index is 0.0724. The van der Waals surface area contributed by atoms with Crippen LogP contribution in [0.3, 0.4) is 0 Å². The van der Waals surface area contributed by atoms with Crippen molar-refractivity contribution in [3.05, 3.63) is 101 Å². The third kappa shape index (κ3) is 7.96. The standard InChI is InChI=1S/C27H28FN3O4/c1-18(32)30-25(16-21-9-5-6-10-23(21)28)27(34)31-24(26(29)33)15-19-11-13-22(14-12-19)35-17-20-7-3-2-4-8-20/h2-14,24-25H,15-17H2,1H3,(H2,29,33)(H,30,32)(H,31,34)/t24-,25-/m0/s1. The van der Waals surface area contributed by atoms with Crippen molar-refractivity contribution >= 4 is 17.7 Å². The molecule has 2 atom stereocenters. The summed E-state index contributed by atoms with van der Waals surface area (Å²) in [7, 11) is 0. The molecule has 0 spiro atoms. The summed E-state index contributed by atoms with van der Waals surface area (Å²) in [4.78, 5) is 36.6. The molecule has 0 aliphatic heterocycles. The molecule has 0 aliphatic carbocycles. The van der Waals surface area contributed by atoms with E-state index in [4.69, 9.17) is 10.5 Å². The van der Waals surface area contributed by atoms with Gasteiger partial charge in [-0.25, -0.2) is 4.39 Å². The predicted octanol–water partition coefficient (Wildman–Crippen LogP) is 2.66. The smallest absolute Gasteiger partial charge is 0.243 e. The lowest BCUT2D eigenvalue weighted by Crippen LogP contribution is -2.54. The molecule has 3 aromatic carbocycles. The van der Waals surface area contributed by atoms with Crippen LogP contribution in [0.2, 0.25) is 0 Å². The lowest BCUT2D eigenvalue weighted by atomic mass is 10.0. The van der Waals surface area contributed by atoms with Gasteiger partial charge >= 0.3 is 0 Å². The molecule has 7 nitrogen and oxygen atoms in total. The number of rotatable bonds is 11. The van der Waals surface area contributed by atoms with Crippen LogP contribution in [-0.2, 0) is 33.8 Å². The van der Waals surface area contributed by atoms with E-state index in [0.29, 0.717) is 12.4 Å². The lowest BCUT2D eigenvalue weighted by Gasteiger charge is -2.22. The Balaban J connectivity index is 1.63. The largest absolute Gasteiger partial charge is 0.489 e. The molecule has 0 saturated carbocycles. The lowest BCUT2D eigenvalue weighted by molar-refractivity contribution is -0.130. The fourth-order valence-electron chi connectivity index (χ4n) is 3.53. The first-order valence-corrected chi connectivity index (χ1v) is 11.2. The van der Waals surface area contributed by atoms with E-state index in [9.17, 15) is 18.8 Å². The fourth-order valence-corrected chi connectivity index (χ4v) is 3.53. The van der Waals surface area contributed by atoms with Crippen molar-refractivity contribution < 1.29 is 23.5 Å². The number of carbonyl (C=O) groups is 3. The van der Waals surface area contributed by atoms with Crippen molar-refractivity contribution in [2.24, 2.45) is 5.73 Å². The second kappa shape index (κ2) is 12.3. The van der Waals surface area contributed by atoms with Crippen LogP contribution in [0.15, 0.2) is 78.9 Å². The van der Waals surface area contributed by atoms with E-state index in [-0.39, 0.29) is 18.4 Å². The van der Waals surface area contributed by atoms with E-state index in [1.165, 1.54) is 25.1 Å². The summed E-state index contributed by atoms with van der Waals surface area (Å²) in [6, 6.07) is 20.8. The highest BCUT2D eigenvalue weighted by molar-refractivity contribution is 5.91. The first-order chi connectivity index (χ1) is 16.8. The Morgan fingerprint density at radius 1 is 0.829 bits per heavy atom. The second-order valence-electron chi connectivity index (χ2n) is 8.13. The van der Waals surface area contributed by atoms with E-state index in [2.05, 4.69) is 10.6 Å². The molecule has 8 heteroatoms. The maximum Gasteiger partial charge on any atom is 0.243 e. The Hall–Kier alpha value is -4.20. The van der Waals surface area contributed by atoms with Crippen LogP contribution in [0, 0.1) is 5.82 Å². The van der Waals surface area contributed by atoms with Gasteiger partial charge in [0, 0.05) is 19.8 Å². The molecular weight excluding hydrogens is 449 g/mol. The van der Waals surface area contributed by atoms with Crippen LogP contribution in [0.1, 0.15) is 23.6 Å². The number of ether oxygens (including phenoxy) is 1. The molecule has 35 heavy (non-hydrogen) atoms. The average Bonchev–Trinajstić information content (AvgIpc) is 2.84. The zero-order valence-electron chi connectivity index (χ0n) is 19.4.